The Morgan fingerprint density at radius 1 is 1.09 bits per heavy atom. The number of aliphatic hydroxyl groups is 2. The van der Waals surface area contributed by atoms with Crippen LogP contribution in [0, 0.1) is 11.8 Å². The predicted octanol–water partition coefficient (Wildman–Crippen LogP) is -0.00800. The Bertz CT molecular complexity index is 396. The van der Waals surface area contributed by atoms with Gasteiger partial charge in [0.15, 0.2) is 0 Å². The van der Waals surface area contributed by atoms with Gasteiger partial charge in [-0.3, -0.25) is 9.59 Å². The lowest BCUT2D eigenvalue weighted by atomic mass is 9.91. The van der Waals surface area contributed by atoms with Crippen LogP contribution in [-0.2, 0) is 14.4 Å². The average molecular weight is 330 g/mol. The van der Waals surface area contributed by atoms with Gasteiger partial charge in [0.25, 0.3) is 0 Å². The molecule has 0 spiro atoms. The van der Waals surface area contributed by atoms with Crippen LogP contribution >= 0.6 is 0 Å². The van der Waals surface area contributed by atoms with Gasteiger partial charge < -0.3 is 25.6 Å². The van der Waals surface area contributed by atoms with Crippen LogP contribution in [-0.4, -0.2) is 53.1 Å². The quantitative estimate of drug-likeness (QED) is 0.398. The zero-order valence-electron chi connectivity index (χ0n) is 14.5. The monoisotopic (exact) mass is 330 g/mol. The molecule has 0 fully saturated rings. The number of hydrogen-bond donors (Lipinski definition) is 4. The van der Waals surface area contributed by atoms with Gasteiger partial charge in [0, 0.05) is 17.9 Å². The second kappa shape index (κ2) is 10.3. The lowest BCUT2D eigenvalue weighted by molar-refractivity contribution is -0.133. The van der Waals surface area contributed by atoms with Crippen LogP contribution in [0.1, 0.15) is 47.0 Å². The molecule has 3 atom stereocenters. The summed E-state index contributed by atoms with van der Waals surface area (Å²) in [6.45, 7) is 6.08. The highest BCUT2D eigenvalue weighted by atomic mass is 16.3. The number of amides is 2. The van der Waals surface area contributed by atoms with Crippen molar-refractivity contribution in [1.82, 2.24) is 10.6 Å². The van der Waals surface area contributed by atoms with Crippen molar-refractivity contribution in [2.24, 2.45) is 11.8 Å². The van der Waals surface area contributed by atoms with Gasteiger partial charge in [0.05, 0.1) is 13.2 Å². The highest BCUT2D eigenvalue weighted by Crippen LogP contribution is 2.17. The van der Waals surface area contributed by atoms with Crippen LogP contribution < -0.4 is 10.6 Å². The zero-order valence-corrected chi connectivity index (χ0v) is 14.5. The molecule has 0 aliphatic carbocycles. The predicted molar refractivity (Wildman–Crippen MR) is 86.6 cm³/mol. The van der Waals surface area contributed by atoms with E-state index >= 15 is 0 Å². The van der Waals surface area contributed by atoms with E-state index in [0.29, 0.717) is 19.1 Å². The Labute approximate surface area is 137 Å². The van der Waals surface area contributed by atoms with E-state index in [1.807, 2.05) is 20.8 Å². The van der Waals surface area contributed by atoms with Crippen LogP contribution in [0.2, 0.25) is 0 Å². The molecule has 4 N–H and O–H groups in total. The van der Waals surface area contributed by atoms with E-state index in [2.05, 4.69) is 10.6 Å². The Balaban J connectivity index is 4.78. The molecular formula is C16H30N2O5. The average Bonchev–Trinajstić information content (AvgIpc) is 2.56. The van der Waals surface area contributed by atoms with Gasteiger partial charge >= 0.3 is 0 Å². The second-order valence-electron chi connectivity index (χ2n) is 6.14. The van der Waals surface area contributed by atoms with E-state index < -0.39 is 30.6 Å². The van der Waals surface area contributed by atoms with Gasteiger partial charge in [-0.05, 0) is 26.2 Å². The second-order valence-corrected chi connectivity index (χ2v) is 6.14. The number of carbonyl (C=O) groups is 3. The number of nitrogens with one attached hydrogen (secondary N) is 2. The van der Waals surface area contributed by atoms with Gasteiger partial charge in [-0.1, -0.05) is 20.8 Å². The van der Waals surface area contributed by atoms with Crippen molar-refractivity contribution in [2.75, 3.05) is 13.2 Å². The summed E-state index contributed by atoms with van der Waals surface area (Å²) in [6.07, 6.45) is 1.97. The molecule has 0 aromatic heterocycles. The first-order chi connectivity index (χ1) is 10.8. The highest BCUT2D eigenvalue weighted by Gasteiger charge is 2.33. The maximum absolute atomic E-state index is 12.3. The van der Waals surface area contributed by atoms with E-state index in [-0.39, 0.29) is 17.9 Å². The first kappa shape index (κ1) is 21.5. The van der Waals surface area contributed by atoms with Crippen molar-refractivity contribution in [3.8, 4) is 0 Å². The van der Waals surface area contributed by atoms with Crippen LogP contribution in [0.25, 0.3) is 0 Å². The molecule has 7 heteroatoms. The van der Waals surface area contributed by atoms with Gasteiger partial charge in [0.1, 0.15) is 11.8 Å². The fraction of sp³-hybridized carbons (Fsp3) is 0.812. The molecule has 0 heterocycles. The fourth-order valence-corrected chi connectivity index (χ4v) is 2.06. The largest absolute Gasteiger partial charge is 0.393 e. The zero-order chi connectivity index (χ0) is 18.0. The first-order valence-electron chi connectivity index (χ1n) is 8.09. The van der Waals surface area contributed by atoms with Gasteiger partial charge in [-0.2, -0.15) is 0 Å². The standard InChI is InChI=1S/C16H30N2O5/c1-5-12(4)17-14(22)11(3)7-13(6-2)15(23)18-16(8-19,9-20)10-21/h8,11-13,20-21H,5-7,9-10H2,1-4H3,(H,17,22)(H,18,23). The van der Waals surface area contributed by atoms with Gasteiger partial charge in [0.2, 0.25) is 11.8 Å². The highest BCUT2D eigenvalue weighted by molar-refractivity contribution is 5.85. The van der Waals surface area contributed by atoms with E-state index in [1.54, 1.807) is 6.92 Å². The summed E-state index contributed by atoms with van der Waals surface area (Å²) in [5, 5.41) is 23.7. The molecule has 3 unspecified atom stereocenters. The molecule has 0 aliphatic rings. The third kappa shape index (κ3) is 6.66. The van der Waals surface area contributed by atoms with E-state index in [0.717, 1.165) is 6.42 Å². The summed E-state index contributed by atoms with van der Waals surface area (Å²) in [5.41, 5.74) is -1.67. The van der Waals surface area contributed by atoms with E-state index in [1.165, 1.54) is 0 Å². The summed E-state index contributed by atoms with van der Waals surface area (Å²) in [5.74, 6) is -1.40. The first-order valence-corrected chi connectivity index (χ1v) is 8.09. The molecule has 2 amide bonds. The summed E-state index contributed by atoms with van der Waals surface area (Å²) in [6, 6.07) is 0.0744. The fourth-order valence-electron chi connectivity index (χ4n) is 2.06. The Kier molecular flexibility index (Phi) is 9.67. The lowest BCUT2D eigenvalue weighted by Gasteiger charge is -2.28. The Hall–Kier alpha value is -1.47. The number of aldehydes is 1. The van der Waals surface area contributed by atoms with E-state index in [9.17, 15) is 24.6 Å². The molecule has 0 aromatic rings. The third-order valence-corrected chi connectivity index (χ3v) is 4.11. The molecule has 7 nitrogen and oxygen atoms in total. The minimum absolute atomic E-state index is 0.0744. The van der Waals surface area contributed by atoms with Gasteiger partial charge in [-0.15, -0.1) is 0 Å². The van der Waals surface area contributed by atoms with Gasteiger partial charge in [-0.25, -0.2) is 0 Å². The molecule has 0 radical (unpaired) electrons. The lowest BCUT2D eigenvalue weighted by Crippen LogP contribution is -2.57. The summed E-state index contributed by atoms with van der Waals surface area (Å²) in [7, 11) is 0. The number of hydrogen-bond acceptors (Lipinski definition) is 5. The van der Waals surface area contributed by atoms with Crippen molar-refractivity contribution in [2.45, 2.75) is 58.5 Å². The Morgan fingerprint density at radius 2 is 1.65 bits per heavy atom. The maximum Gasteiger partial charge on any atom is 0.224 e. The molecule has 0 saturated carbocycles. The minimum Gasteiger partial charge on any atom is -0.393 e. The SMILES string of the molecule is CCC(C)NC(=O)C(C)CC(CC)C(=O)NC(C=O)(CO)CO. The van der Waals surface area contributed by atoms with Crippen molar-refractivity contribution in [3.63, 3.8) is 0 Å². The topological polar surface area (TPSA) is 116 Å². The maximum atomic E-state index is 12.3. The molecule has 134 valence electrons. The van der Waals surface area contributed by atoms with Crippen molar-refractivity contribution >= 4 is 18.1 Å². The molecule has 0 saturated heterocycles. The van der Waals surface area contributed by atoms with Crippen molar-refractivity contribution in [3.05, 3.63) is 0 Å². The molecule has 0 aromatic carbocycles. The third-order valence-electron chi connectivity index (χ3n) is 4.11. The molecule has 0 bridgehead atoms. The smallest absolute Gasteiger partial charge is 0.224 e. The summed E-state index contributed by atoms with van der Waals surface area (Å²) < 4.78 is 0. The summed E-state index contributed by atoms with van der Waals surface area (Å²) >= 11 is 0. The van der Waals surface area contributed by atoms with Crippen LogP contribution in [0.4, 0.5) is 0 Å². The molecule has 23 heavy (non-hydrogen) atoms. The molecular weight excluding hydrogens is 300 g/mol. The normalized spacial score (nSPS) is 15.4. The van der Waals surface area contributed by atoms with Crippen molar-refractivity contribution < 1.29 is 24.6 Å². The number of carbonyl (C=O) groups excluding carboxylic acids is 3. The molecule has 0 aliphatic heterocycles. The molecule has 0 rings (SSSR count). The van der Waals surface area contributed by atoms with E-state index in [4.69, 9.17) is 0 Å². The van der Waals surface area contributed by atoms with Crippen LogP contribution in [0.15, 0.2) is 0 Å². The van der Waals surface area contributed by atoms with Crippen molar-refractivity contribution in [1.29, 1.82) is 0 Å². The summed E-state index contributed by atoms with van der Waals surface area (Å²) in [4.78, 5) is 35.4. The Morgan fingerprint density at radius 3 is 2.04 bits per heavy atom. The van der Waals surface area contributed by atoms with Crippen LogP contribution in [0.3, 0.4) is 0 Å². The minimum atomic E-state index is -1.67. The number of aliphatic hydroxyl groups excluding tert-OH is 2. The van der Waals surface area contributed by atoms with Crippen LogP contribution in [0.5, 0.6) is 0 Å². The number of rotatable bonds is 11.